The number of hydrogen-bond acceptors (Lipinski definition) is 6. The number of anilines is 2. The number of aromatic nitrogens is 2. The minimum atomic E-state index is -1.01. The van der Waals surface area contributed by atoms with Gasteiger partial charge in [0.25, 0.3) is 5.91 Å². The molecule has 1 unspecified atom stereocenters. The van der Waals surface area contributed by atoms with Crippen LogP contribution in [0.1, 0.15) is 43.2 Å². The van der Waals surface area contributed by atoms with Gasteiger partial charge in [0.2, 0.25) is 0 Å². The first kappa shape index (κ1) is 17.3. The smallest absolute Gasteiger partial charge is 0.261 e. The highest BCUT2D eigenvalue weighted by Crippen LogP contribution is 2.35. The molecule has 3 heterocycles. The summed E-state index contributed by atoms with van der Waals surface area (Å²) in [6.45, 7) is 5.56. The zero-order valence-corrected chi connectivity index (χ0v) is 14.5. The van der Waals surface area contributed by atoms with Crippen LogP contribution in [0, 0.1) is 0 Å². The second kappa shape index (κ2) is 6.42. The van der Waals surface area contributed by atoms with E-state index in [0.717, 1.165) is 5.56 Å². The fourth-order valence-electron chi connectivity index (χ4n) is 2.54. The van der Waals surface area contributed by atoms with E-state index in [9.17, 15) is 15.0 Å². The molecule has 2 aromatic rings. The molecular weight excluding hydrogens is 320 g/mol. The van der Waals surface area contributed by atoms with Gasteiger partial charge in [0, 0.05) is 18.3 Å². The Labute approximate surface area is 146 Å². The normalized spacial score (nSPS) is 14.4. The van der Waals surface area contributed by atoms with Crippen molar-refractivity contribution in [2.24, 2.45) is 0 Å². The highest BCUT2D eigenvalue weighted by atomic mass is 16.3. The van der Waals surface area contributed by atoms with Crippen molar-refractivity contribution in [1.82, 2.24) is 9.97 Å². The van der Waals surface area contributed by atoms with Gasteiger partial charge < -0.3 is 20.8 Å². The van der Waals surface area contributed by atoms with E-state index in [0.29, 0.717) is 41.4 Å². The lowest BCUT2D eigenvalue weighted by atomic mass is 10.0. The van der Waals surface area contributed by atoms with Crippen molar-refractivity contribution in [1.29, 1.82) is 0 Å². The van der Waals surface area contributed by atoms with Gasteiger partial charge in [0.15, 0.2) is 0 Å². The van der Waals surface area contributed by atoms with Gasteiger partial charge in [-0.3, -0.25) is 9.78 Å². The quantitative estimate of drug-likeness (QED) is 0.640. The first-order chi connectivity index (χ1) is 11.8. The molecule has 25 heavy (non-hydrogen) atoms. The summed E-state index contributed by atoms with van der Waals surface area (Å²) >= 11 is 0. The molecule has 0 spiro atoms. The van der Waals surface area contributed by atoms with Gasteiger partial charge in [0.05, 0.1) is 23.2 Å². The molecule has 7 heteroatoms. The minimum Gasteiger partial charge on any atom is -0.391 e. The zero-order chi connectivity index (χ0) is 18.2. The van der Waals surface area contributed by atoms with Crippen molar-refractivity contribution in [3.63, 3.8) is 0 Å². The van der Waals surface area contributed by atoms with Gasteiger partial charge >= 0.3 is 0 Å². The lowest BCUT2D eigenvalue weighted by Gasteiger charge is -2.24. The highest BCUT2D eigenvalue weighted by molar-refractivity contribution is 6.21. The molecule has 1 atom stereocenters. The van der Waals surface area contributed by atoms with Gasteiger partial charge in [-0.15, -0.1) is 0 Å². The highest BCUT2D eigenvalue weighted by Gasteiger charge is 2.29. The lowest BCUT2D eigenvalue weighted by Crippen LogP contribution is -2.29. The molecule has 0 saturated carbocycles. The summed E-state index contributed by atoms with van der Waals surface area (Å²) in [7, 11) is 0. The van der Waals surface area contributed by atoms with Gasteiger partial charge in [-0.2, -0.15) is 0 Å². The summed E-state index contributed by atoms with van der Waals surface area (Å²) in [6.07, 6.45) is 1.76. The average Bonchev–Trinajstić information content (AvgIpc) is 2.57. The van der Waals surface area contributed by atoms with E-state index in [1.807, 2.05) is 13.0 Å². The van der Waals surface area contributed by atoms with Crippen LogP contribution in [0.25, 0.3) is 11.3 Å². The maximum atomic E-state index is 11.8. The van der Waals surface area contributed by atoms with Crippen molar-refractivity contribution in [3.05, 3.63) is 35.7 Å². The van der Waals surface area contributed by atoms with E-state index in [-0.39, 0.29) is 5.91 Å². The molecule has 0 aromatic carbocycles. The summed E-state index contributed by atoms with van der Waals surface area (Å²) < 4.78 is 0. The Morgan fingerprint density at radius 1 is 1.36 bits per heavy atom. The lowest BCUT2D eigenvalue weighted by molar-refractivity contribution is 0.0738. The summed E-state index contributed by atoms with van der Waals surface area (Å²) in [6, 6.07) is 5.38. The predicted octanol–water partition coefficient (Wildman–Crippen LogP) is 2.12. The number of rotatable bonds is 6. The summed E-state index contributed by atoms with van der Waals surface area (Å²) in [5.74, 6) is 0.272. The monoisotopic (exact) mass is 342 g/mol. The Kier molecular flexibility index (Phi) is 4.45. The number of fused-ring (bicyclic) bond motifs is 1. The van der Waals surface area contributed by atoms with Gasteiger partial charge in [-0.1, -0.05) is 6.92 Å². The first-order valence-corrected chi connectivity index (χ1v) is 8.27. The van der Waals surface area contributed by atoms with Crippen molar-refractivity contribution in [3.8, 4) is 11.3 Å². The van der Waals surface area contributed by atoms with Crippen LogP contribution in [0.2, 0.25) is 0 Å². The van der Waals surface area contributed by atoms with Crippen molar-refractivity contribution in [2.75, 3.05) is 17.2 Å². The summed E-state index contributed by atoms with van der Waals surface area (Å²) in [4.78, 5) is 20.6. The van der Waals surface area contributed by atoms with Gasteiger partial charge in [0.1, 0.15) is 17.0 Å². The number of pyridine rings is 2. The van der Waals surface area contributed by atoms with E-state index in [1.54, 1.807) is 32.2 Å². The van der Waals surface area contributed by atoms with E-state index in [1.165, 1.54) is 0 Å². The van der Waals surface area contributed by atoms with E-state index < -0.39 is 11.7 Å². The molecule has 132 valence electrons. The third kappa shape index (κ3) is 3.47. The molecule has 7 nitrogen and oxygen atoms in total. The van der Waals surface area contributed by atoms with Crippen molar-refractivity contribution >= 4 is 17.4 Å². The molecular formula is C18H22N4O3. The number of carbonyl (C=O) groups is 1. The molecule has 0 fully saturated rings. The van der Waals surface area contributed by atoms with E-state index >= 15 is 0 Å². The molecule has 2 aromatic heterocycles. The van der Waals surface area contributed by atoms with Crippen LogP contribution >= 0.6 is 0 Å². The molecule has 0 radical (unpaired) electrons. The predicted molar refractivity (Wildman–Crippen MR) is 95.5 cm³/mol. The van der Waals surface area contributed by atoms with E-state index in [4.69, 9.17) is 0 Å². The molecule has 0 saturated heterocycles. The molecule has 4 N–H and O–H groups in total. The molecule has 1 amide bonds. The molecule has 3 rings (SSSR count). The van der Waals surface area contributed by atoms with Crippen LogP contribution in [0.3, 0.4) is 0 Å². The fourth-order valence-corrected chi connectivity index (χ4v) is 2.54. The average molecular weight is 342 g/mol. The first-order valence-electron chi connectivity index (χ1n) is 8.27. The van der Waals surface area contributed by atoms with Gasteiger partial charge in [-0.05, 0) is 38.5 Å². The zero-order valence-electron chi connectivity index (χ0n) is 14.5. The number of nitrogens with zero attached hydrogens (tertiary/aromatic N) is 2. The second-order valence-electron chi connectivity index (χ2n) is 6.67. The van der Waals surface area contributed by atoms with Gasteiger partial charge in [-0.25, -0.2) is 4.98 Å². The SMILES string of the molecule is CCC(O)CNc1nc(-c2ccc(C(C)(C)O)nc2)cc2c1C(=O)N2. The maximum absolute atomic E-state index is 11.8. The topological polar surface area (TPSA) is 107 Å². The van der Waals surface area contributed by atoms with Crippen molar-refractivity contribution < 1.29 is 15.0 Å². The fraction of sp³-hybridized carbons (Fsp3) is 0.389. The van der Waals surface area contributed by atoms with E-state index in [2.05, 4.69) is 20.6 Å². The Hall–Kier alpha value is -2.51. The second-order valence-corrected chi connectivity index (χ2v) is 6.67. The largest absolute Gasteiger partial charge is 0.391 e. The Bertz CT molecular complexity index is 797. The molecule has 0 aliphatic carbocycles. The number of amides is 1. The third-order valence-electron chi connectivity index (χ3n) is 4.16. The molecule has 1 aliphatic rings. The summed E-state index contributed by atoms with van der Waals surface area (Å²) in [5.41, 5.74) is 2.20. The van der Waals surface area contributed by atoms with Crippen LogP contribution in [0.4, 0.5) is 11.5 Å². The molecule has 0 bridgehead atoms. The Morgan fingerprint density at radius 2 is 2.12 bits per heavy atom. The van der Waals surface area contributed by atoms with Crippen LogP contribution in [-0.4, -0.2) is 38.7 Å². The van der Waals surface area contributed by atoms with Crippen molar-refractivity contribution in [2.45, 2.75) is 38.9 Å². The standard InChI is InChI=1S/C18H22N4O3/c1-4-11(23)9-20-16-15-13(22-17(15)24)7-12(21-16)10-5-6-14(19-8-10)18(2,3)25/h5-8,11,23,25H,4,9H2,1-3H3,(H,20,21)(H,22,24). The minimum absolute atomic E-state index is 0.182. The number of aliphatic hydroxyl groups is 2. The maximum Gasteiger partial charge on any atom is 0.261 e. The number of aliphatic hydroxyl groups excluding tert-OH is 1. The molecule has 1 aliphatic heterocycles. The Balaban J connectivity index is 1.92. The van der Waals surface area contributed by atoms with Crippen LogP contribution < -0.4 is 10.6 Å². The Morgan fingerprint density at radius 3 is 2.68 bits per heavy atom. The number of nitrogens with one attached hydrogen (secondary N) is 2. The van der Waals surface area contributed by atoms with Crippen LogP contribution in [0.5, 0.6) is 0 Å². The van der Waals surface area contributed by atoms with Crippen LogP contribution in [-0.2, 0) is 5.60 Å². The van der Waals surface area contributed by atoms with Crippen LogP contribution in [0.15, 0.2) is 24.4 Å². The third-order valence-corrected chi connectivity index (χ3v) is 4.16. The number of hydrogen-bond donors (Lipinski definition) is 4. The summed E-state index contributed by atoms with van der Waals surface area (Å²) in [5, 5.41) is 25.5. The number of carbonyl (C=O) groups excluding carboxylic acids is 1.